The number of amides is 1. The first-order valence-corrected chi connectivity index (χ1v) is 8.04. The molecular formula is C18H21FN2O2. The normalized spacial score (nSPS) is 17.2. The number of hydrogen-bond acceptors (Lipinski definition) is 3. The summed E-state index contributed by atoms with van der Waals surface area (Å²) in [5.74, 6) is -0.596. The van der Waals surface area contributed by atoms with Gasteiger partial charge in [-0.3, -0.25) is 9.78 Å². The number of pyridine rings is 1. The van der Waals surface area contributed by atoms with Gasteiger partial charge in [0.2, 0.25) is 0 Å². The average molecular weight is 316 g/mol. The number of aryl methyl sites for hydroxylation is 1. The minimum absolute atomic E-state index is 0.250. The molecule has 1 amide bonds. The fraction of sp³-hybridized carbons (Fsp3) is 0.444. The average Bonchev–Trinajstić information content (AvgIpc) is 2.52. The van der Waals surface area contributed by atoms with Gasteiger partial charge in [0.15, 0.2) is 0 Å². The molecule has 0 unspecified atom stereocenters. The van der Waals surface area contributed by atoms with Crippen molar-refractivity contribution in [2.45, 2.75) is 44.6 Å². The lowest BCUT2D eigenvalue weighted by Crippen LogP contribution is -2.44. The second-order valence-electron chi connectivity index (χ2n) is 6.43. The molecule has 0 saturated heterocycles. The summed E-state index contributed by atoms with van der Waals surface area (Å²) < 4.78 is 13.2. The van der Waals surface area contributed by atoms with Crippen molar-refractivity contribution in [3.8, 4) is 0 Å². The Morgan fingerprint density at radius 2 is 2.04 bits per heavy atom. The zero-order valence-corrected chi connectivity index (χ0v) is 13.2. The number of carbonyl (C=O) groups excluding carboxylic acids is 1. The summed E-state index contributed by atoms with van der Waals surface area (Å²) in [6.45, 7) is 1.99. The third-order valence-electron chi connectivity index (χ3n) is 4.58. The summed E-state index contributed by atoms with van der Waals surface area (Å²) in [4.78, 5) is 16.7. The second kappa shape index (κ2) is 6.24. The third-order valence-corrected chi connectivity index (χ3v) is 4.58. The molecule has 1 fully saturated rings. The van der Waals surface area contributed by atoms with Crippen molar-refractivity contribution < 1.29 is 14.3 Å². The molecule has 3 rings (SSSR count). The first-order valence-electron chi connectivity index (χ1n) is 8.04. The zero-order chi connectivity index (χ0) is 16.4. The van der Waals surface area contributed by atoms with E-state index in [-0.39, 0.29) is 18.3 Å². The molecule has 1 heterocycles. The van der Waals surface area contributed by atoms with Crippen LogP contribution in [0.4, 0.5) is 4.39 Å². The fourth-order valence-electron chi connectivity index (χ4n) is 3.19. The molecule has 5 heteroatoms. The van der Waals surface area contributed by atoms with Crippen molar-refractivity contribution in [1.82, 2.24) is 10.3 Å². The molecular weight excluding hydrogens is 295 g/mol. The summed E-state index contributed by atoms with van der Waals surface area (Å²) in [6.07, 6.45) is 4.58. The first kappa shape index (κ1) is 15.9. The van der Waals surface area contributed by atoms with Crippen LogP contribution in [0, 0.1) is 12.7 Å². The highest BCUT2D eigenvalue weighted by atomic mass is 19.1. The number of nitrogens with one attached hydrogen (secondary N) is 1. The highest BCUT2D eigenvalue weighted by Gasteiger charge is 2.29. The van der Waals surface area contributed by atoms with E-state index in [4.69, 9.17) is 0 Å². The quantitative estimate of drug-likeness (QED) is 0.914. The second-order valence-corrected chi connectivity index (χ2v) is 6.43. The van der Waals surface area contributed by atoms with Crippen molar-refractivity contribution in [2.24, 2.45) is 0 Å². The molecule has 0 spiro atoms. The Kier molecular flexibility index (Phi) is 4.31. The molecule has 0 aliphatic heterocycles. The molecule has 2 aromatic rings. The van der Waals surface area contributed by atoms with Crippen molar-refractivity contribution in [3.63, 3.8) is 0 Å². The van der Waals surface area contributed by atoms with Gasteiger partial charge in [-0.25, -0.2) is 4.39 Å². The van der Waals surface area contributed by atoms with Crippen LogP contribution in [-0.4, -0.2) is 28.1 Å². The zero-order valence-electron chi connectivity index (χ0n) is 13.2. The topological polar surface area (TPSA) is 62.2 Å². The van der Waals surface area contributed by atoms with E-state index in [0.717, 1.165) is 37.5 Å². The molecule has 0 radical (unpaired) electrons. The van der Waals surface area contributed by atoms with Crippen LogP contribution >= 0.6 is 0 Å². The lowest BCUT2D eigenvalue weighted by atomic mass is 9.85. The fourth-order valence-corrected chi connectivity index (χ4v) is 3.19. The number of aliphatic hydroxyl groups is 1. The summed E-state index contributed by atoms with van der Waals surface area (Å²) in [5.41, 5.74) is 0.750. The van der Waals surface area contributed by atoms with Gasteiger partial charge in [0.1, 0.15) is 5.82 Å². The highest BCUT2D eigenvalue weighted by molar-refractivity contribution is 5.98. The van der Waals surface area contributed by atoms with E-state index in [1.807, 2.05) is 0 Å². The number of nitrogens with zero attached hydrogens (tertiary/aromatic N) is 1. The van der Waals surface area contributed by atoms with Crippen LogP contribution in [0.5, 0.6) is 0 Å². The summed E-state index contributed by atoms with van der Waals surface area (Å²) in [7, 11) is 0. The Balaban J connectivity index is 1.77. The van der Waals surface area contributed by atoms with Gasteiger partial charge in [-0.15, -0.1) is 0 Å². The summed E-state index contributed by atoms with van der Waals surface area (Å²) in [6, 6.07) is 6.04. The van der Waals surface area contributed by atoms with Gasteiger partial charge < -0.3 is 10.4 Å². The van der Waals surface area contributed by atoms with E-state index in [1.54, 1.807) is 19.1 Å². The number of hydrogen-bond donors (Lipinski definition) is 2. The number of fused-ring (bicyclic) bond motifs is 1. The third kappa shape index (κ3) is 3.50. The lowest BCUT2D eigenvalue weighted by Gasteiger charge is -2.32. The lowest BCUT2D eigenvalue weighted by molar-refractivity contribution is 0.00524. The molecule has 2 N–H and O–H groups in total. The van der Waals surface area contributed by atoms with E-state index in [9.17, 15) is 14.3 Å². The van der Waals surface area contributed by atoms with Crippen molar-refractivity contribution >= 4 is 16.8 Å². The Hall–Kier alpha value is -2.01. The molecule has 1 saturated carbocycles. The molecule has 1 aromatic heterocycles. The van der Waals surface area contributed by atoms with Gasteiger partial charge in [0, 0.05) is 18.0 Å². The van der Waals surface area contributed by atoms with Gasteiger partial charge in [-0.1, -0.05) is 19.3 Å². The van der Waals surface area contributed by atoms with Gasteiger partial charge >= 0.3 is 0 Å². The molecule has 1 aliphatic carbocycles. The molecule has 0 atom stereocenters. The molecule has 23 heavy (non-hydrogen) atoms. The van der Waals surface area contributed by atoms with Crippen LogP contribution in [0.2, 0.25) is 0 Å². The van der Waals surface area contributed by atoms with E-state index in [2.05, 4.69) is 10.3 Å². The van der Waals surface area contributed by atoms with Gasteiger partial charge in [0.05, 0.1) is 22.4 Å². The molecule has 4 nitrogen and oxygen atoms in total. The van der Waals surface area contributed by atoms with Crippen molar-refractivity contribution in [1.29, 1.82) is 0 Å². The van der Waals surface area contributed by atoms with Crippen LogP contribution in [0.25, 0.3) is 10.9 Å². The van der Waals surface area contributed by atoms with Crippen LogP contribution in [0.15, 0.2) is 24.3 Å². The number of halogens is 1. The Labute approximate surface area is 134 Å². The SMILES string of the molecule is Cc1nc2cc(F)ccc2cc1C(=O)NCC1(O)CCCCC1. The molecule has 1 aromatic carbocycles. The van der Waals surface area contributed by atoms with Crippen LogP contribution in [0.1, 0.15) is 48.2 Å². The van der Waals surface area contributed by atoms with Gasteiger partial charge in [-0.2, -0.15) is 0 Å². The Morgan fingerprint density at radius 1 is 1.30 bits per heavy atom. The van der Waals surface area contributed by atoms with E-state index in [1.165, 1.54) is 12.1 Å². The standard InChI is InChI=1S/C18H21FN2O2/c1-12-15(9-13-5-6-14(19)10-16(13)21-12)17(22)20-11-18(23)7-3-2-4-8-18/h5-6,9-10,23H,2-4,7-8,11H2,1H3,(H,20,22). The van der Waals surface area contributed by atoms with Crippen molar-refractivity contribution in [2.75, 3.05) is 6.54 Å². The van der Waals surface area contributed by atoms with E-state index < -0.39 is 5.60 Å². The predicted molar refractivity (Wildman–Crippen MR) is 86.8 cm³/mol. The smallest absolute Gasteiger partial charge is 0.253 e. The molecule has 1 aliphatic rings. The number of aromatic nitrogens is 1. The van der Waals surface area contributed by atoms with E-state index in [0.29, 0.717) is 16.8 Å². The Bertz CT molecular complexity index is 739. The number of carbonyl (C=O) groups is 1. The number of benzene rings is 1. The minimum atomic E-state index is -0.796. The van der Waals surface area contributed by atoms with Crippen molar-refractivity contribution in [3.05, 3.63) is 41.3 Å². The Morgan fingerprint density at radius 3 is 2.78 bits per heavy atom. The summed E-state index contributed by atoms with van der Waals surface area (Å²) in [5, 5.41) is 14.0. The highest BCUT2D eigenvalue weighted by Crippen LogP contribution is 2.27. The number of rotatable bonds is 3. The molecule has 0 bridgehead atoms. The maximum atomic E-state index is 13.2. The molecule has 122 valence electrons. The van der Waals surface area contributed by atoms with Crippen LogP contribution < -0.4 is 5.32 Å². The predicted octanol–water partition coefficient (Wildman–Crippen LogP) is 3.11. The maximum Gasteiger partial charge on any atom is 0.253 e. The van der Waals surface area contributed by atoms with Crippen LogP contribution in [0.3, 0.4) is 0 Å². The monoisotopic (exact) mass is 316 g/mol. The van der Waals surface area contributed by atoms with E-state index >= 15 is 0 Å². The van der Waals surface area contributed by atoms with Gasteiger partial charge in [0.25, 0.3) is 5.91 Å². The minimum Gasteiger partial charge on any atom is -0.388 e. The first-order chi connectivity index (χ1) is 11.0. The maximum absolute atomic E-state index is 13.2. The van der Waals surface area contributed by atoms with Crippen LogP contribution in [-0.2, 0) is 0 Å². The summed E-state index contributed by atoms with van der Waals surface area (Å²) >= 11 is 0. The largest absolute Gasteiger partial charge is 0.388 e. The van der Waals surface area contributed by atoms with Gasteiger partial charge in [-0.05, 0) is 38.0 Å².